The molecule has 38 heavy (non-hydrogen) atoms. The summed E-state index contributed by atoms with van der Waals surface area (Å²) in [4.78, 5) is 24.9. The summed E-state index contributed by atoms with van der Waals surface area (Å²) in [6.45, 7) is 6.23. The Morgan fingerprint density at radius 1 is 1.24 bits per heavy atom. The second-order valence-corrected chi connectivity index (χ2v) is 10.2. The average molecular weight is 523 g/mol. The predicted molar refractivity (Wildman–Crippen MR) is 147 cm³/mol. The molecule has 3 rings (SSSR count). The molecule has 0 radical (unpaired) electrons. The molecule has 0 fully saturated rings. The molecule has 1 aromatic heterocycles. The molecule has 0 aliphatic carbocycles. The molecule has 4 atom stereocenters. The van der Waals surface area contributed by atoms with Crippen LogP contribution in [-0.4, -0.2) is 53.5 Å². The number of amides is 1. The number of aromatic nitrogens is 1. The third-order valence-corrected chi connectivity index (χ3v) is 6.90. The number of rotatable bonds is 13. The van der Waals surface area contributed by atoms with E-state index in [-0.39, 0.29) is 18.4 Å². The summed E-state index contributed by atoms with van der Waals surface area (Å²) in [5, 5.41) is 26.1. The second kappa shape index (κ2) is 12.9. The van der Waals surface area contributed by atoms with Crippen molar-refractivity contribution in [2.24, 2.45) is 13.0 Å². The topological polar surface area (TPSA) is 130 Å². The molecule has 1 amide bonds. The van der Waals surface area contributed by atoms with E-state index in [1.807, 2.05) is 57.3 Å². The van der Waals surface area contributed by atoms with Crippen molar-refractivity contribution in [3.05, 3.63) is 58.6 Å². The van der Waals surface area contributed by atoms with Crippen molar-refractivity contribution in [1.29, 1.82) is 5.26 Å². The predicted octanol–water partition coefficient (Wildman–Crippen LogP) is 3.14. The second-order valence-electron chi connectivity index (χ2n) is 10.2. The number of hydrogen-bond donors (Lipinski definition) is 3. The van der Waals surface area contributed by atoms with E-state index in [0.29, 0.717) is 36.9 Å². The lowest BCUT2D eigenvalue weighted by Crippen LogP contribution is -2.47. The van der Waals surface area contributed by atoms with Crippen LogP contribution in [-0.2, 0) is 23.0 Å². The average Bonchev–Trinajstić information content (AvgIpc) is 3.19. The first-order valence-corrected chi connectivity index (χ1v) is 13.0. The van der Waals surface area contributed by atoms with Gasteiger partial charge in [-0.1, -0.05) is 50.6 Å². The Morgan fingerprint density at radius 3 is 2.55 bits per heavy atom. The number of carbonyl (C=O) groups is 1. The van der Waals surface area contributed by atoms with Crippen molar-refractivity contribution in [3.8, 4) is 17.2 Å². The SMILES string of the molecule is CCC(C)[C@H](OCC(C)(O)CCNC)C(=O)N[C@H](C#N)Cc1ccc(-c2ccc3oc(=O)n(C)c3c2)cc1. The number of fused-ring (bicyclic) bond motifs is 1. The number of nitriles is 1. The zero-order chi connectivity index (χ0) is 27.9. The summed E-state index contributed by atoms with van der Waals surface area (Å²) in [7, 11) is 3.48. The lowest BCUT2D eigenvalue weighted by Gasteiger charge is -2.29. The molecule has 204 valence electrons. The molecule has 0 bridgehead atoms. The van der Waals surface area contributed by atoms with Gasteiger partial charge < -0.3 is 24.9 Å². The Bertz CT molecular complexity index is 1320. The molecule has 1 heterocycles. The van der Waals surface area contributed by atoms with Gasteiger partial charge in [0.05, 0.1) is 23.8 Å². The van der Waals surface area contributed by atoms with Gasteiger partial charge in [-0.15, -0.1) is 0 Å². The Hall–Kier alpha value is -3.45. The first kappa shape index (κ1) is 29.1. The zero-order valence-electron chi connectivity index (χ0n) is 22.8. The number of oxazole rings is 1. The lowest BCUT2D eigenvalue weighted by molar-refractivity contribution is -0.143. The highest BCUT2D eigenvalue weighted by Gasteiger charge is 2.30. The molecule has 3 aromatic rings. The minimum absolute atomic E-state index is 0.0224. The van der Waals surface area contributed by atoms with E-state index in [1.54, 1.807) is 20.0 Å². The van der Waals surface area contributed by atoms with Gasteiger partial charge in [-0.2, -0.15) is 5.26 Å². The van der Waals surface area contributed by atoms with Crippen molar-refractivity contribution < 1.29 is 19.1 Å². The summed E-state index contributed by atoms with van der Waals surface area (Å²) in [6, 6.07) is 14.8. The van der Waals surface area contributed by atoms with Gasteiger partial charge in [0.25, 0.3) is 0 Å². The summed E-state index contributed by atoms with van der Waals surface area (Å²) < 4.78 is 12.6. The molecule has 9 nitrogen and oxygen atoms in total. The first-order chi connectivity index (χ1) is 18.1. The van der Waals surface area contributed by atoms with Crippen LogP contribution in [0.25, 0.3) is 22.2 Å². The number of nitrogens with zero attached hydrogens (tertiary/aromatic N) is 2. The minimum Gasteiger partial charge on any atom is -0.408 e. The number of aliphatic hydroxyl groups is 1. The molecule has 0 saturated heterocycles. The Balaban J connectivity index is 1.66. The monoisotopic (exact) mass is 522 g/mol. The standard InChI is InChI=1S/C29H38N4O5/c1-6-19(2)26(37-18-29(3,36)13-14-31-4)27(34)32-23(17-30)15-20-7-9-21(10-8-20)22-11-12-25-24(16-22)33(5)28(35)38-25/h7-12,16,19,23,26,31,36H,6,13-15,18H2,1-5H3,(H,32,34)/t19?,23-,26-,29?/m0/s1. The smallest absolute Gasteiger partial charge is 0.408 e. The molecule has 0 aliphatic heterocycles. The third-order valence-electron chi connectivity index (χ3n) is 6.90. The highest BCUT2D eigenvalue weighted by molar-refractivity contribution is 5.82. The van der Waals surface area contributed by atoms with Crippen LogP contribution in [0.4, 0.5) is 0 Å². The van der Waals surface area contributed by atoms with Crippen LogP contribution in [0.5, 0.6) is 0 Å². The molecular weight excluding hydrogens is 484 g/mol. The van der Waals surface area contributed by atoms with E-state index in [1.165, 1.54) is 4.57 Å². The lowest BCUT2D eigenvalue weighted by atomic mass is 9.98. The number of hydrogen-bond acceptors (Lipinski definition) is 7. The van der Waals surface area contributed by atoms with Gasteiger partial charge in [-0.25, -0.2) is 4.79 Å². The van der Waals surface area contributed by atoms with E-state index in [2.05, 4.69) is 16.7 Å². The van der Waals surface area contributed by atoms with Crippen LogP contribution in [0.15, 0.2) is 51.7 Å². The number of ether oxygens (including phenoxy) is 1. The fourth-order valence-electron chi connectivity index (χ4n) is 4.21. The van der Waals surface area contributed by atoms with Gasteiger partial charge in [0.15, 0.2) is 5.58 Å². The maximum absolute atomic E-state index is 13.1. The van der Waals surface area contributed by atoms with Gasteiger partial charge in [-0.05, 0) is 61.7 Å². The van der Waals surface area contributed by atoms with Gasteiger partial charge in [0, 0.05) is 13.5 Å². The van der Waals surface area contributed by atoms with E-state index < -0.39 is 23.5 Å². The minimum atomic E-state index is -1.07. The Morgan fingerprint density at radius 2 is 1.92 bits per heavy atom. The summed E-state index contributed by atoms with van der Waals surface area (Å²) in [6.07, 6.45) is 0.774. The van der Waals surface area contributed by atoms with E-state index >= 15 is 0 Å². The molecule has 0 aliphatic rings. The van der Waals surface area contributed by atoms with Crippen molar-refractivity contribution in [2.75, 3.05) is 20.2 Å². The van der Waals surface area contributed by atoms with Crippen molar-refractivity contribution in [3.63, 3.8) is 0 Å². The van der Waals surface area contributed by atoms with Crippen molar-refractivity contribution in [2.45, 2.75) is 57.8 Å². The fraction of sp³-hybridized carbons (Fsp3) is 0.483. The van der Waals surface area contributed by atoms with Crippen LogP contribution in [0, 0.1) is 17.2 Å². The van der Waals surface area contributed by atoms with Gasteiger partial charge >= 0.3 is 5.76 Å². The number of benzene rings is 2. The number of nitrogens with one attached hydrogen (secondary N) is 2. The van der Waals surface area contributed by atoms with Gasteiger partial charge in [0.1, 0.15) is 12.1 Å². The summed E-state index contributed by atoms with van der Waals surface area (Å²) in [5.74, 6) is -0.844. The molecule has 3 N–H and O–H groups in total. The van der Waals surface area contributed by atoms with Crippen molar-refractivity contribution >= 4 is 17.0 Å². The molecule has 0 spiro atoms. The highest BCUT2D eigenvalue weighted by Crippen LogP contribution is 2.25. The number of aryl methyl sites for hydroxylation is 1. The molecule has 2 unspecified atom stereocenters. The van der Waals surface area contributed by atoms with Crippen LogP contribution in [0.2, 0.25) is 0 Å². The zero-order valence-corrected chi connectivity index (χ0v) is 22.8. The maximum atomic E-state index is 13.1. The quantitative estimate of drug-likeness (QED) is 0.314. The maximum Gasteiger partial charge on any atom is 0.419 e. The Labute approximate surface area is 223 Å². The fourth-order valence-corrected chi connectivity index (χ4v) is 4.21. The molecule has 0 saturated carbocycles. The third kappa shape index (κ3) is 7.32. The Kier molecular flexibility index (Phi) is 9.86. The summed E-state index contributed by atoms with van der Waals surface area (Å²) in [5.41, 5.74) is 2.97. The van der Waals surface area contributed by atoms with Crippen LogP contribution < -0.4 is 16.4 Å². The molecular formula is C29H38N4O5. The largest absolute Gasteiger partial charge is 0.419 e. The van der Waals surface area contributed by atoms with Crippen LogP contribution in [0.3, 0.4) is 0 Å². The molecule has 9 heteroatoms. The van der Waals surface area contributed by atoms with E-state index in [4.69, 9.17) is 9.15 Å². The summed E-state index contributed by atoms with van der Waals surface area (Å²) >= 11 is 0. The molecule has 2 aromatic carbocycles. The van der Waals surface area contributed by atoms with Gasteiger partial charge in [0.2, 0.25) is 5.91 Å². The van der Waals surface area contributed by atoms with Crippen LogP contribution >= 0.6 is 0 Å². The van der Waals surface area contributed by atoms with Gasteiger partial charge in [-0.3, -0.25) is 9.36 Å². The normalized spacial score (nSPS) is 15.4. The first-order valence-electron chi connectivity index (χ1n) is 13.0. The van der Waals surface area contributed by atoms with Crippen LogP contribution in [0.1, 0.15) is 39.2 Å². The highest BCUT2D eigenvalue weighted by atomic mass is 16.5. The van der Waals surface area contributed by atoms with E-state index in [0.717, 1.165) is 16.7 Å². The van der Waals surface area contributed by atoms with E-state index in [9.17, 15) is 20.0 Å². The van der Waals surface area contributed by atoms with Crippen molar-refractivity contribution in [1.82, 2.24) is 15.2 Å². The number of carbonyl (C=O) groups excluding carboxylic acids is 1.